The minimum absolute atomic E-state index is 0.0131. The topological polar surface area (TPSA) is 356 Å². The van der Waals surface area contributed by atoms with Crippen LogP contribution in [0, 0.1) is 28.1 Å². The van der Waals surface area contributed by atoms with Gasteiger partial charge in [-0.1, -0.05) is 19.9 Å². The second-order valence-corrected chi connectivity index (χ2v) is 24.3. The molecule has 0 amide bonds. The molecule has 1 N–H and O–H groups in total. The maximum absolute atomic E-state index is 13.6. The van der Waals surface area contributed by atoms with Gasteiger partial charge < -0.3 is 80.9 Å². The van der Waals surface area contributed by atoms with E-state index in [9.17, 15) is 57.8 Å². The third-order valence-corrected chi connectivity index (χ3v) is 18.0. The summed E-state index contributed by atoms with van der Waals surface area (Å²) in [5, 5.41) is 10.7. The predicted octanol–water partition coefficient (Wildman–Crippen LogP) is 3.73. The first kappa shape index (κ1) is 68.2. The minimum Gasteiger partial charge on any atom is -0.481 e. The lowest BCUT2D eigenvalue weighted by Crippen LogP contribution is -2.69. The van der Waals surface area contributed by atoms with E-state index in [1.54, 1.807) is 0 Å². The summed E-state index contributed by atoms with van der Waals surface area (Å²) in [6.45, 7) is 17.3. The summed E-state index contributed by atoms with van der Waals surface area (Å²) in [7, 11) is 0. The van der Waals surface area contributed by atoms with E-state index in [4.69, 9.17) is 75.8 Å². The van der Waals surface area contributed by atoms with Gasteiger partial charge in [0.25, 0.3) is 0 Å². The van der Waals surface area contributed by atoms with E-state index in [0.29, 0.717) is 56.9 Å². The quantitative estimate of drug-likeness (QED) is 0.0740. The number of rotatable bonds is 21. The van der Waals surface area contributed by atoms with Crippen LogP contribution in [-0.2, 0) is 129 Å². The standard InChI is InChI=1S/C59H82O28/c1-27-23-58-20-15-41-56(12,18-14-19-57(41,13)55(70)71)42(58)16-21-59(27,26-58)87-54-51(86-53-50(81-37(11)69)47(79-35(9)67)45(77-33(7)65)40(84-53)25-74-30(4)62)48(43(75-31(5)63)38(82-54)17-22-72-28(2)60)85-52-49(80-36(10)68)46(78-34(8)66)44(76-32(6)64)39(83-52)24-73-29(3)61/h38-54H,1,14-26H2,2-13H3,(H,70,71)/t38-,39-,40-,41+,42+,43-,44-,45-,46+,47+,48+,49-,50-,51-,52+,53+,54+,56-,57-,58-,59+/m1/s1. The van der Waals surface area contributed by atoms with Crippen LogP contribution in [0.3, 0.4) is 0 Å². The van der Waals surface area contributed by atoms with Crippen LogP contribution in [0.25, 0.3) is 0 Å². The molecule has 3 aliphatic heterocycles. The second-order valence-electron chi connectivity index (χ2n) is 24.3. The molecule has 2 bridgehead atoms. The smallest absolute Gasteiger partial charge is 0.309 e. The summed E-state index contributed by atoms with van der Waals surface area (Å²) < 4.78 is 98.0. The van der Waals surface area contributed by atoms with Gasteiger partial charge in [-0.15, -0.1) is 0 Å². The Kier molecular flexibility index (Phi) is 21.6. The number of hydrogen-bond acceptors (Lipinski definition) is 27. The Morgan fingerprint density at radius 3 is 1.33 bits per heavy atom. The van der Waals surface area contributed by atoms with Gasteiger partial charge in [0.1, 0.15) is 43.7 Å². The first-order chi connectivity index (χ1) is 40.7. The highest BCUT2D eigenvalue weighted by atomic mass is 16.8. The summed E-state index contributed by atoms with van der Waals surface area (Å²) >= 11 is 0. The molecule has 0 aromatic rings. The lowest BCUT2D eigenvalue weighted by atomic mass is 9.41. The predicted molar refractivity (Wildman–Crippen MR) is 287 cm³/mol. The van der Waals surface area contributed by atoms with E-state index < -0.39 is 193 Å². The van der Waals surface area contributed by atoms with Crippen molar-refractivity contribution >= 4 is 65.7 Å². The maximum atomic E-state index is 13.6. The molecule has 28 nitrogen and oxygen atoms in total. The van der Waals surface area contributed by atoms with Gasteiger partial charge in [-0.25, -0.2) is 0 Å². The Morgan fingerprint density at radius 1 is 0.471 bits per heavy atom. The number of hydrogen-bond donors (Lipinski definition) is 1. The average molecular weight is 1240 g/mol. The van der Waals surface area contributed by atoms with Crippen molar-refractivity contribution in [2.24, 2.45) is 28.1 Å². The molecule has 87 heavy (non-hydrogen) atoms. The Labute approximate surface area is 503 Å². The second kappa shape index (κ2) is 27.6. The Balaban J connectivity index is 1.44. The number of esters is 10. The van der Waals surface area contributed by atoms with E-state index >= 15 is 0 Å². The SMILES string of the molecule is C=C1C[C@@]23CC[C@H]4[C@@](C)(CCC[C@@]4(C)C(=O)O)[C@@H]2CC[C@]1(O[C@@H]1O[C@H](CCOC(C)=O)[C@@H](OC(C)=O)[C@H](O[C@@H]2O[C@H](COC(C)=O)[C@@H](OC(C)=O)[C@H](OC(C)=O)[C@H]2OC(C)=O)[C@H]1O[C@@H]1O[C@H](COC(C)=O)[C@@H](OC(C)=O)[C@H](OC(C)=O)[C@H]1OC(C)=O)C3. The Hall–Kier alpha value is -6.33. The third-order valence-electron chi connectivity index (χ3n) is 18.0. The van der Waals surface area contributed by atoms with E-state index in [2.05, 4.69) is 13.5 Å². The van der Waals surface area contributed by atoms with Crippen LogP contribution in [0.1, 0.15) is 147 Å². The van der Waals surface area contributed by atoms with E-state index in [1.165, 1.54) is 0 Å². The highest BCUT2D eigenvalue weighted by Gasteiger charge is 2.70. The summed E-state index contributed by atoms with van der Waals surface area (Å²) in [6, 6.07) is 0. The molecule has 0 aromatic heterocycles. The lowest BCUT2D eigenvalue weighted by molar-refractivity contribution is -0.399. The molecule has 4 saturated carbocycles. The molecule has 7 aliphatic rings. The van der Waals surface area contributed by atoms with Crippen molar-refractivity contribution in [3.63, 3.8) is 0 Å². The zero-order chi connectivity index (χ0) is 64.2. The number of carbonyl (C=O) groups excluding carboxylic acids is 10. The zero-order valence-corrected chi connectivity index (χ0v) is 51.2. The average Bonchev–Trinajstić information content (AvgIpc) is 1.63. The van der Waals surface area contributed by atoms with Crippen LogP contribution in [0.15, 0.2) is 12.2 Å². The third kappa shape index (κ3) is 15.2. The Morgan fingerprint density at radius 2 is 0.885 bits per heavy atom. The van der Waals surface area contributed by atoms with Gasteiger partial charge in [0.15, 0.2) is 61.6 Å². The number of carboxylic acids is 1. The normalized spacial score (nSPS) is 38.5. The van der Waals surface area contributed by atoms with Crippen molar-refractivity contribution < 1.29 is 134 Å². The van der Waals surface area contributed by atoms with Crippen LogP contribution in [-0.4, -0.2) is 188 Å². The van der Waals surface area contributed by atoms with Crippen molar-refractivity contribution in [3.05, 3.63) is 12.2 Å². The number of aliphatic carboxylic acids is 1. The van der Waals surface area contributed by atoms with Gasteiger partial charge in [0, 0.05) is 75.7 Å². The molecule has 0 aromatic carbocycles. The van der Waals surface area contributed by atoms with Crippen molar-refractivity contribution in [2.45, 2.75) is 245 Å². The van der Waals surface area contributed by atoms with Crippen molar-refractivity contribution in [2.75, 3.05) is 19.8 Å². The molecule has 1 spiro atoms. The number of carboxylic acid groups (broad SMARTS) is 1. The maximum Gasteiger partial charge on any atom is 0.309 e. The zero-order valence-electron chi connectivity index (χ0n) is 51.2. The highest BCUT2D eigenvalue weighted by Crippen LogP contribution is 2.73. The summed E-state index contributed by atoms with van der Waals surface area (Å²) in [5.74, 6) is -10.2. The van der Waals surface area contributed by atoms with Crippen LogP contribution >= 0.6 is 0 Å². The van der Waals surface area contributed by atoms with E-state index in [0.717, 1.165) is 75.7 Å². The molecule has 3 saturated heterocycles. The molecule has 28 heteroatoms. The first-order valence-electron chi connectivity index (χ1n) is 29.2. The minimum atomic E-state index is -2.05. The first-order valence-corrected chi connectivity index (χ1v) is 29.2. The van der Waals surface area contributed by atoms with Crippen molar-refractivity contribution in [1.29, 1.82) is 0 Å². The fourth-order valence-corrected chi connectivity index (χ4v) is 15.1. The molecule has 0 radical (unpaired) electrons. The number of fused-ring (bicyclic) bond motifs is 3. The van der Waals surface area contributed by atoms with Crippen LogP contribution < -0.4 is 0 Å². The molecule has 0 unspecified atom stereocenters. The molecular formula is C59H82O28. The largest absolute Gasteiger partial charge is 0.481 e. The van der Waals surface area contributed by atoms with Crippen molar-refractivity contribution in [3.8, 4) is 0 Å². The van der Waals surface area contributed by atoms with Gasteiger partial charge in [-0.3, -0.25) is 52.7 Å². The molecule has 3 heterocycles. The lowest BCUT2D eigenvalue weighted by Gasteiger charge is -2.64. The number of ether oxygens (including phenoxy) is 16. The monoisotopic (exact) mass is 1240 g/mol. The molecule has 7 rings (SSSR count). The van der Waals surface area contributed by atoms with Gasteiger partial charge in [0.05, 0.1) is 17.6 Å². The molecule has 21 atom stereocenters. The summed E-state index contributed by atoms with van der Waals surface area (Å²) in [6.07, 6.45) is -22.3. The summed E-state index contributed by atoms with van der Waals surface area (Å²) in [5.41, 5.74) is -2.47. The van der Waals surface area contributed by atoms with E-state index in [1.807, 2.05) is 6.92 Å². The van der Waals surface area contributed by atoms with Crippen LogP contribution in [0.5, 0.6) is 0 Å². The molecule has 7 fully saturated rings. The van der Waals surface area contributed by atoms with Gasteiger partial charge in [-0.05, 0) is 86.5 Å². The fourth-order valence-electron chi connectivity index (χ4n) is 15.1. The van der Waals surface area contributed by atoms with Crippen LogP contribution in [0.2, 0.25) is 0 Å². The highest BCUT2D eigenvalue weighted by molar-refractivity contribution is 5.75. The number of carbonyl (C=O) groups is 11. The Bertz CT molecular complexity index is 2660. The fraction of sp³-hybridized carbons (Fsp3) is 0.780. The molecular weight excluding hydrogens is 1160 g/mol. The molecule has 4 aliphatic carbocycles. The van der Waals surface area contributed by atoms with E-state index in [-0.39, 0.29) is 24.9 Å². The molecule has 486 valence electrons. The van der Waals surface area contributed by atoms with Crippen molar-refractivity contribution in [1.82, 2.24) is 0 Å². The van der Waals surface area contributed by atoms with Gasteiger partial charge >= 0.3 is 65.7 Å². The van der Waals surface area contributed by atoms with Gasteiger partial charge in [-0.2, -0.15) is 0 Å². The summed E-state index contributed by atoms with van der Waals surface area (Å²) in [4.78, 5) is 142. The van der Waals surface area contributed by atoms with Gasteiger partial charge in [0.2, 0.25) is 0 Å². The van der Waals surface area contributed by atoms with Crippen LogP contribution in [0.4, 0.5) is 0 Å².